The molecule has 10 amide bonds. The number of aliphatic hydroxyl groups excluding tert-OH is 1. The number of ether oxygens (including phenoxy) is 2. The minimum atomic E-state index is -1.61. The Kier molecular flexibility index (Phi) is 26.1. The molecule has 31 heteroatoms. The first-order valence-corrected chi connectivity index (χ1v) is 37.0. The van der Waals surface area contributed by atoms with Gasteiger partial charge in [0, 0.05) is 93.2 Å². The van der Waals surface area contributed by atoms with Gasteiger partial charge in [0.15, 0.2) is 10.7 Å². The van der Waals surface area contributed by atoms with Crippen LogP contribution in [0.5, 0.6) is 23.0 Å². The predicted molar refractivity (Wildman–Crippen MR) is 383 cm³/mol. The number of esters is 1. The molecule has 8 atom stereocenters. The van der Waals surface area contributed by atoms with Crippen LogP contribution in [-0.2, 0) is 63.1 Å². The van der Waals surface area contributed by atoms with Crippen molar-refractivity contribution in [1.29, 1.82) is 0 Å². The van der Waals surface area contributed by atoms with Gasteiger partial charge in [0.1, 0.15) is 65.3 Å². The maximum Gasteiger partial charge on any atom is 0.340 e. The molecule has 7 aliphatic rings. The van der Waals surface area contributed by atoms with Crippen molar-refractivity contribution in [2.24, 2.45) is 5.73 Å². The van der Waals surface area contributed by atoms with Crippen LogP contribution in [-0.4, -0.2) is 233 Å². The van der Waals surface area contributed by atoms with E-state index in [9.17, 15) is 78.0 Å². The van der Waals surface area contributed by atoms with Crippen LogP contribution in [0, 0.1) is 0 Å². The molecule has 30 nitrogen and oxygen atoms in total. The minimum Gasteiger partial charge on any atom is -0.508 e. The molecule has 0 saturated carbocycles. The maximum absolute atomic E-state index is 14.9. The largest absolute Gasteiger partial charge is 0.508 e. The van der Waals surface area contributed by atoms with Crippen LogP contribution in [0.4, 0.5) is 5.69 Å². The third-order valence-electron chi connectivity index (χ3n) is 20.6. The van der Waals surface area contributed by atoms with E-state index in [-0.39, 0.29) is 98.8 Å². The Morgan fingerprint density at radius 3 is 1.93 bits per heavy atom. The molecule has 3 aromatic rings. The number of carboxylic acid groups (broad SMARTS) is 1. The summed E-state index contributed by atoms with van der Waals surface area (Å²) in [5.74, 6) is -7.76. The van der Waals surface area contributed by atoms with E-state index in [2.05, 4.69) is 26.6 Å². The number of rotatable bonds is 13. The highest BCUT2D eigenvalue weighted by molar-refractivity contribution is 7.80. The second kappa shape index (κ2) is 35.2. The number of primary amides is 1. The number of unbranched alkanes of at least 4 members (excludes halogenated alkanes) is 1. The number of aromatic hydroxyl groups is 2. The fourth-order valence-corrected chi connectivity index (χ4v) is 15.5. The first-order valence-electron chi connectivity index (χ1n) is 36.6. The van der Waals surface area contributed by atoms with Gasteiger partial charge in [0.05, 0.1) is 24.8 Å². The Hall–Kier alpha value is -9.91. The van der Waals surface area contributed by atoms with Crippen molar-refractivity contribution in [2.45, 2.75) is 203 Å². The fourth-order valence-electron chi connectivity index (χ4n) is 15.3. The number of aliphatic carboxylic acids is 1. The van der Waals surface area contributed by atoms with Gasteiger partial charge in [-0.1, -0.05) is 25.0 Å². The number of fused-ring (bicyclic) bond motifs is 9. The number of aliphatic hydroxyl groups is 1. The number of carbonyl (C=O) groups excluding carboxylic acids is 11. The number of nitrogens with one attached hydrogen (secondary N) is 5. The number of phenols is 2. The van der Waals surface area contributed by atoms with Gasteiger partial charge in [-0.2, -0.15) is 0 Å². The topological polar surface area (TPSA) is 410 Å². The van der Waals surface area contributed by atoms with Crippen LogP contribution in [0.15, 0.2) is 66.7 Å². The Bertz CT molecular complexity index is 3800. The molecule has 7 heterocycles. The van der Waals surface area contributed by atoms with Crippen molar-refractivity contribution in [3.63, 3.8) is 0 Å². The summed E-state index contributed by atoms with van der Waals surface area (Å²) >= 11 is 5.70. The van der Waals surface area contributed by atoms with Crippen molar-refractivity contribution in [1.82, 2.24) is 50.7 Å². The van der Waals surface area contributed by atoms with E-state index < -0.39 is 139 Å². The molecular weight excluding hydrogens is 1380 g/mol. The summed E-state index contributed by atoms with van der Waals surface area (Å²) < 4.78 is 12.3. The van der Waals surface area contributed by atoms with Gasteiger partial charge >= 0.3 is 11.9 Å². The lowest BCUT2D eigenvalue weighted by atomic mass is 9.77. The second-order valence-corrected chi connectivity index (χ2v) is 28.5. The van der Waals surface area contributed by atoms with Crippen LogP contribution < -0.4 is 37.1 Å². The number of nitrogens with two attached hydrogens (primary N) is 1. The summed E-state index contributed by atoms with van der Waals surface area (Å²) in [5, 5.41) is 55.8. The zero-order valence-corrected chi connectivity index (χ0v) is 60.2. The first kappa shape index (κ1) is 77.7. The van der Waals surface area contributed by atoms with Crippen molar-refractivity contribution < 1.29 is 87.4 Å². The number of likely N-dealkylation sites (tertiary alicyclic amines) is 1. The van der Waals surface area contributed by atoms with Gasteiger partial charge in [0.25, 0.3) is 0 Å². The molecule has 0 aliphatic carbocycles. The van der Waals surface area contributed by atoms with Crippen molar-refractivity contribution >= 4 is 94.0 Å². The van der Waals surface area contributed by atoms with Crippen molar-refractivity contribution in [3.8, 4) is 23.0 Å². The van der Waals surface area contributed by atoms with Crippen LogP contribution >= 0.6 is 12.2 Å². The number of anilines is 1. The molecule has 1 spiro atoms. The van der Waals surface area contributed by atoms with Crippen LogP contribution in [0.3, 0.4) is 0 Å². The molecule has 0 aromatic heterocycles. The summed E-state index contributed by atoms with van der Waals surface area (Å²) in [6.45, 7) is 3.13. The maximum atomic E-state index is 14.9. The van der Waals surface area contributed by atoms with Gasteiger partial charge < -0.3 is 91.6 Å². The lowest BCUT2D eigenvalue weighted by Crippen LogP contribution is -2.60. The van der Waals surface area contributed by atoms with Crippen LogP contribution in [0.25, 0.3) is 0 Å². The number of hydrogen-bond acceptors (Lipinski definition) is 18. The van der Waals surface area contributed by atoms with E-state index in [1.165, 1.54) is 62.6 Å². The summed E-state index contributed by atoms with van der Waals surface area (Å²) in [6, 6.07) is 5.68. The average molecular weight is 1470 g/mol. The normalized spacial score (nSPS) is 24.2. The lowest BCUT2D eigenvalue weighted by molar-refractivity contribution is -0.149. The third-order valence-corrected chi connectivity index (χ3v) is 20.9. The number of allylic oxidation sites excluding steroid dienone is 2. The van der Waals surface area contributed by atoms with E-state index in [0.29, 0.717) is 118 Å². The molecular formula is C74H96N12O18S. The number of carbonyl (C=O) groups is 12. The molecule has 4 fully saturated rings. The predicted octanol–water partition coefficient (Wildman–Crippen LogP) is 3.64. The first-order chi connectivity index (χ1) is 50.3. The number of hydrogen-bond donors (Lipinski definition) is 10. The molecule has 0 unspecified atom stereocenters. The molecule has 4 saturated heterocycles. The molecule has 105 heavy (non-hydrogen) atoms. The quantitative estimate of drug-likeness (QED) is 0.0505. The SMILES string of the molecule is C[C@@H]1NC(=O)[C@H]([C@@H](C)O)NC(=O)[C@@H]2CCCN2C(=O)CN(C(=O)[C@@H]2CCCN2C(=O)CCCCNC(=S)Nc2ccc3c(c2)C2(OC3=O)c3ccc(O)cc3Oc3cc(O)ccc32)CCCCC=CCCCCCCN(CC(N)=O)C(=O)[C@H](CCC(=O)O)NC(=O)[C@@H]2CCCN2C(=O)[C@@H]2CCCN2C1=O. The second-order valence-electron chi connectivity index (χ2n) is 28.1. The molecule has 7 aliphatic heterocycles. The Balaban J connectivity index is 0.781. The Morgan fingerprint density at radius 2 is 1.27 bits per heavy atom. The number of nitrogens with zero attached hydrogens (tertiary/aromatic N) is 6. The average Bonchev–Trinajstić information content (AvgIpc) is 1.50. The fraction of sp³-hybridized carbons (Fsp3) is 0.554. The van der Waals surface area contributed by atoms with Crippen molar-refractivity contribution in [2.75, 3.05) is 64.2 Å². The number of thiocarbonyl (C=S) groups is 1. The highest BCUT2D eigenvalue weighted by Gasteiger charge is 2.54. The zero-order chi connectivity index (χ0) is 75.2. The molecule has 3 aromatic carbocycles. The van der Waals surface area contributed by atoms with Crippen molar-refractivity contribution in [3.05, 3.63) is 89.0 Å². The third kappa shape index (κ3) is 18.4. The van der Waals surface area contributed by atoms with E-state index in [1.807, 2.05) is 12.2 Å². The Morgan fingerprint density at radius 1 is 0.657 bits per heavy atom. The van der Waals surface area contributed by atoms with Gasteiger partial charge in [-0.3, -0.25) is 52.7 Å². The standard InChI is InChI=1S/C74H96N12O18S/c1-44-68(98)86-38-18-22-57(86)71(101)85-37-16-20-55(85)65(95)79-53(30-31-63(93)94)69(99)81(42-60(75)90)33-13-9-7-5-3-4-6-8-10-14-34-82(43-62(92)83-35-15-19-54(83)66(96)80-64(45(2)87)67(97)77-44)70(100)56-21-17-36-84(56)61(91)23-11-12-32-76-73(105)78-46-24-27-49-52(39-46)74(104-72(49)102)50-28-25-47(88)40-58(50)103-59-41-48(89)26-29-51(59)74/h4,6,24-29,39-41,44-45,53-57,64,87-89H,3,5,7-23,30-38,42-43H2,1-2H3,(H2,75,90)(H,77,97)(H,79,95)(H,80,96)(H,93,94)(H2,76,78,105)/t44-,45+,53-,54-,55-,56-,57-,64-/m0/s1. The monoisotopic (exact) mass is 1470 g/mol. The van der Waals surface area contributed by atoms with E-state index in [0.717, 1.165) is 19.3 Å². The molecule has 10 rings (SSSR count). The number of carboxylic acids is 1. The highest BCUT2D eigenvalue weighted by atomic mass is 32.1. The molecule has 566 valence electrons. The zero-order valence-electron chi connectivity index (χ0n) is 59.4. The number of amides is 10. The molecule has 0 radical (unpaired) electrons. The van der Waals surface area contributed by atoms with Crippen LogP contribution in [0.1, 0.15) is 176 Å². The number of benzene rings is 3. The smallest absolute Gasteiger partial charge is 0.340 e. The van der Waals surface area contributed by atoms with E-state index in [4.69, 9.17) is 27.4 Å². The van der Waals surface area contributed by atoms with Gasteiger partial charge in [0.2, 0.25) is 59.1 Å². The molecule has 0 bridgehead atoms. The summed E-state index contributed by atoms with van der Waals surface area (Å²) in [7, 11) is 0. The highest BCUT2D eigenvalue weighted by Crippen LogP contribution is 2.57. The minimum absolute atomic E-state index is 0.0769. The van der Waals surface area contributed by atoms with Crippen LogP contribution in [0.2, 0.25) is 0 Å². The molecule has 11 N–H and O–H groups in total. The Labute approximate surface area is 614 Å². The van der Waals surface area contributed by atoms with E-state index in [1.54, 1.807) is 35.2 Å². The van der Waals surface area contributed by atoms with Gasteiger partial charge in [-0.15, -0.1) is 0 Å². The summed E-state index contributed by atoms with van der Waals surface area (Å²) in [5.41, 5.74) is 6.34. The van der Waals surface area contributed by atoms with Gasteiger partial charge in [-0.25, -0.2) is 4.79 Å². The lowest BCUT2D eigenvalue weighted by Gasteiger charge is -2.36. The van der Waals surface area contributed by atoms with E-state index >= 15 is 0 Å². The van der Waals surface area contributed by atoms with Gasteiger partial charge in [-0.05, 0) is 178 Å². The number of phenolic OH excluding ortho intramolecular Hbond substituents is 2. The summed E-state index contributed by atoms with van der Waals surface area (Å²) in [6.07, 6.45) is 10.7. The summed E-state index contributed by atoms with van der Waals surface area (Å²) in [4.78, 5) is 175.